The standard InChI is InChI=1S/C16H20N2O6S/c1-16(2,3)24-15(21)10-25(22,23)17-12-8-18(9-14(19)20)13-7-5-4-6-11(12)13/h4-8,17H,9-10H2,1-3H3,(H,19,20). The first-order chi connectivity index (χ1) is 11.5. The predicted molar refractivity (Wildman–Crippen MR) is 92.8 cm³/mol. The predicted octanol–water partition coefficient (Wildman–Crippen LogP) is 1.81. The van der Waals surface area contributed by atoms with Crippen LogP contribution in [0.2, 0.25) is 0 Å². The molecule has 0 saturated heterocycles. The highest BCUT2D eigenvalue weighted by molar-refractivity contribution is 7.93. The van der Waals surface area contributed by atoms with E-state index in [9.17, 15) is 18.0 Å². The number of hydrogen-bond acceptors (Lipinski definition) is 5. The van der Waals surface area contributed by atoms with Crippen LogP contribution in [0, 0.1) is 0 Å². The quantitative estimate of drug-likeness (QED) is 0.752. The molecule has 1 aromatic heterocycles. The smallest absolute Gasteiger partial charge is 0.323 e. The van der Waals surface area contributed by atoms with Gasteiger partial charge in [0.25, 0.3) is 0 Å². The van der Waals surface area contributed by atoms with Gasteiger partial charge in [-0.25, -0.2) is 8.42 Å². The van der Waals surface area contributed by atoms with Crippen molar-refractivity contribution in [3.05, 3.63) is 30.5 Å². The Morgan fingerprint density at radius 3 is 2.48 bits per heavy atom. The summed E-state index contributed by atoms with van der Waals surface area (Å²) < 4.78 is 33.2. The van der Waals surface area contributed by atoms with E-state index >= 15 is 0 Å². The molecule has 0 unspecified atom stereocenters. The molecule has 0 aliphatic rings. The second-order valence-electron chi connectivity index (χ2n) is 6.53. The minimum Gasteiger partial charge on any atom is -0.480 e. The number of nitrogens with one attached hydrogen (secondary N) is 1. The molecule has 0 aliphatic heterocycles. The number of anilines is 1. The summed E-state index contributed by atoms with van der Waals surface area (Å²) >= 11 is 0. The van der Waals surface area contributed by atoms with Crippen LogP contribution in [0.4, 0.5) is 5.69 Å². The zero-order valence-corrected chi connectivity index (χ0v) is 15.0. The van der Waals surface area contributed by atoms with Gasteiger partial charge in [0, 0.05) is 11.6 Å². The van der Waals surface area contributed by atoms with Crippen molar-refractivity contribution in [3.8, 4) is 0 Å². The lowest BCUT2D eigenvalue weighted by atomic mass is 10.2. The lowest BCUT2D eigenvalue weighted by Crippen LogP contribution is -2.30. The van der Waals surface area contributed by atoms with Crippen molar-refractivity contribution < 1.29 is 27.9 Å². The van der Waals surface area contributed by atoms with Gasteiger partial charge in [0.1, 0.15) is 12.1 Å². The lowest BCUT2D eigenvalue weighted by molar-refractivity contribution is -0.151. The highest BCUT2D eigenvalue weighted by atomic mass is 32.2. The molecule has 0 atom stereocenters. The fourth-order valence-corrected chi connectivity index (χ4v) is 3.27. The molecule has 0 bridgehead atoms. The van der Waals surface area contributed by atoms with Crippen molar-refractivity contribution in [1.29, 1.82) is 0 Å². The van der Waals surface area contributed by atoms with E-state index in [4.69, 9.17) is 9.84 Å². The summed E-state index contributed by atoms with van der Waals surface area (Å²) in [6, 6.07) is 6.78. The molecule has 0 amide bonds. The molecule has 8 nitrogen and oxygen atoms in total. The van der Waals surface area contributed by atoms with Crippen LogP contribution in [0.3, 0.4) is 0 Å². The third-order valence-corrected chi connectivity index (χ3v) is 4.23. The van der Waals surface area contributed by atoms with E-state index in [-0.39, 0.29) is 12.2 Å². The Morgan fingerprint density at radius 2 is 1.88 bits per heavy atom. The second-order valence-corrected chi connectivity index (χ2v) is 8.25. The molecule has 0 radical (unpaired) electrons. The molecular formula is C16H20N2O6S. The number of para-hydroxylation sites is 1. The molecule has 0 fully saturated rings. The van der Waals surface area contributed by atoms with Gasteiger partial charge in [0.2, 0.25) is 10.0 Å². The maximum absolute atomic E-state index is 12.2. The minimum absolute atomic E-state index is 0.209. The lowest BCUT2D eigenvalue weighted by Gasteiger charge is -2.19. The summed E-state index contributed by atoms with van der Waals surface area (Å²) in [5.74, 6) is -2.75. The van der Waals surface area contributed by atoms with Crippen molar-refractivity contribution in [3.63, 3.8) is 0 Å². The number of fused-ring (bicyclic) bond motifs is 1. The Hall–Kier alpha value is -2.55. The largest absolute Gasteiger partial charge is 0.480 e. The molecule has 0 spiro atoms. The van der Waals surface area contributed by atoms with Crippen molar-refractivity contribution >= 4 is 38.6 Å². The normalized spacial score (nSPS) is 12.1. The molecular weight excluding hydrogens is 348 g/mol. The molecule has 2 rings (SSSR count). The van der Waals surface area contributed by atoms with Gasteiger partial charge in [-0.05, 0) is 26.8 Å². The van der Waals surface area contributed by atoms with E-state index in [1.807, 2.05) is 0 Å². The monoisotopic (exact) mass is 368 g/mol. The number of sulfonamides is 1. The molecule has 0 saturated carbocycles. The SMILES string of the molecule is CC(C)(C)OC(=O)CS(=O)(=O)Nc1cn(CC(=O)O)c2ccccc12. The molecule has 25 heavy (non-hydrogen) atoms. The van der Waals surface area contributed by atoms with Gasteiger partial charge in [-0.15, -0.1) is 0 Å². The number of aromatic nitrogens is 1. The first-order valence-electron chi connectivity index (χ1n) is 7.49. The summed E-state index contributed by atoms with van der Waals surface area (Å²) in [6.45, 7) is 4.62. The van der Waals surface area contributed by atoms with E-state index in [1.54, 1.807) is 45.0 Å². The van der Waals surface area contributed by atoms with E-state index in [0.717, 1.165) is 0 Å². The Bertz CT molecular complexity index is 908. The van der Waals surface area contributed by atoms with Crippen molar-refractivity contribution in [2.75, 3.05) is 10.5 Å². The maximum atomic E-state index is 12.2. The van der Waals surface area contributed by atoms with E-state index in [0.29, 0.717) is 10.9 Å². The number of benzene rings is 1. The summed E-state index contributed by atoms with van der Waals surface area (Å²) in [7, 11) is -4.00. The number of carboxylic acid groups (broad SMARTS) is 1. The van der Waals surface area contributed by atoms with Crippen molar-refractivity contribution in [1.82, 2.24) is 4.57 Å². The van der Waals surface area contributed by atoms with Gasteiger partial charge in [0.15, 0.2) is 5.75 Å². The summed E-state index contributed by atoms with van der Waals surface area (Å²) in [6.07, 6.45) is 1.39. The van der Waals surface area contributed by atoms with Gasteiger partial charge in [-0.1, -0.05) is 18.2 Å². The third kappa shape index (κ3) is 5.21. The molecule has 2 aromatic rings. The van der Waals surface area contributed by atoms with Crippen LogP contribution in [-0.2, 0) is 30.9 Å². The zero-order valence-electron chi connectivity index (χ0n) is 14.1. The molecule has 136 valence electrons. The Labute approximate surface area is 145 Å². The van der Waals surface area contributed by atoms with Crippen molar-refractivity contribution in [2.45, 2.75) is 32.9 Å². The summed E-state index contributed by atoms with van der Waals surface area (Å²) in [5, 5.41) is 9.51. The summed E-state index contributed by atoms with van der Waals surface area (Å²) in [4.78, 5) is 22.7. The number of rotatable bonds is 6. The van der Waals surface area contributed by atoms with Gasteiger partial charge in [-0.3, -0.25) is 14.3 Å². The van der Waals surface area contributed by atoms with Crippen LogP contribution in [0.5, 0.6) is 0 Å². The van der Waals surface area contributed by atoms with Gasteiger partial charge in [0.05, 0.1) is 11.2 Å². The van der Waals surface area contributed by atoms with E-state index in [2.05, 4.69) is 4.72 Å². The van der Waals surface area contributed by atoms with Crippen LogP contribution < -0.4 is 4.72 Å². The Morgan fingerprint density at radius 1 is 1.24 bits per heavy atom. The van der Waals surface area contributed by atoms with Crippen LogP contribution in [0.25, 0.3) is 10.9 Å². The van der Waals surface area contributed by atoms with Gasteiger partial charge >= 0.3 is 11.9 Å². The number of ether oxygens (including phenoxy) is 1. The number of nitrogens with zero attached hydrogens (tertiary/aromatic N) is 1. The van der Waals surface area contributed by atoms with Crippen LogP contribution >= 0.6 is 0 Å². The number of hydrogen-bond donors (Lipinski definition) is 2. The van der Waals surface area contributed by atoms with Crippen LogP contribution in [0.1, 0.15) is 20.8 Å². The molecule has 2 N–H and O–H groups in total. The molecule has 1 heterocycles. The van der Waals surface area contributed by atoms with Gasteiger partial charge < -0.3 is 14.4 Å². The average molecular weight is 368 g/mol. The highest BCUT2D eigenvalue weighted by Crippen LogP contribution is 2.26. The highest BCUT2D eigenvalue weighted by Gasteiger charge is 2.24. The van der Waals surface area contributed by atoms with E-state index < -0.39 is 33.3 Å². The molecule has 1 aromatic carbocycles. The summed E-state index contributed by atoms with van der Waals surface area (Å²) in [5.41, 5.74) is -0.00955. The van der Waals surface area contributed by atoms with Crippen LogP contribution in [-0.4, -0.2) is 41.4 Å². The van der Waals surface area contributed by atoms with Crippen LogP contribution in [0.15, 0.2) is 30.5 Å². The number of esters is 1. The Balaban J connectivity index is 2.27. The average Bonchev–Trinajstić information content (AvgIpc) is 2.73. The second kappa shape index (κ2) is 6.75. The minimum atomic E-state index is -4.00. The van der Waals surface area contributed by atoms with Crippen molar-refractivity contribution in [2.24, 2.45) is 0 Å². The zero-order chi connectivity index (χ0) is 18.8. The number of carbonyl (C=O) groups excluding carboxylic acids is 1. The van der Waals surface area contributed by atoms with E-state index in [1.165, 1.54) is 10.8 Å². The molecule has 9 heteroatoms. The number of carboxylic acids is 1. The Kier molecular flexibility index (Phi) is 5.07. The maximum Gasteiger partial charge on any atom is 0.323 e. The topological polar surface area (TPSA) is 115 Å². The number of carbonyl (C=O) groups is 2. The fraction of sp³-hybridized carbons (Fsp3) is 0.375. The first-order valence-corrected chi connectivity index (χ1v) is 9.14. The third-order valence-electron chi connectivity index (χ3n) is 3.09. The first kappa shape index (κ1) is 18.8. The number of aliphatic carboxylic acids is 1. The van der Waals surface area contributed by atoms with Gasteiger partial charge in [-0.2, -0.15) is 0 Å². The molecule has 0 aliphatic carbocycles. The fourth-order valence-electron chi connectivity index (χ4n) is 2.33.